The van der Waals surface area contributed by atoms with E-state index in [1.165, 1.54) is 30.8 Å². The lowest BCUT2D eigenvalue weighted by molar-refractivity contribution is -0.138. The molecule has 2 N–H and O–H groups in total. The normalized spacial score (nSPS) is 16.7. The summed E-state index contributed by atoms with van der Waals surface area (Å²) in [6, 6.07) is 9.98. The second-order valence-corrected chi connectivity index (χ2v) is 7.02. The number of nitrogens with one attached hydrogen (secondary N) is 1. The van der Waals surface area contributed by atoms with Gasteiger partial charge in [0.2, 0.25) is 0 Å². The maximum atomic E-state index is 12.9. The van der Waals surface area contributed by atoms with Gasteiger partial charge in [0.15, 0.2) is 5.76 Å². The van der Waals surface area contributed by atoms with Crippen LogP contribution < -0.4 is 5.32 Å². The SMILES string of the molecule is Cc1cc(-c2cnc(Nc3cccc4c3C[C@H](O)CC4)o2)ccc1C(F)(F)F. The number of aliphatic hydroxyl groups excluding tert-OH is 1. The van der Waals surface area contributed by atoms with Gasteiger partial charge in [-0.2, -0.15) is 13.2 Å². The Morgan fingerprint density at radius 2 is 2.04 bits per heavy atom. The van der Waals surface area contributed by atoms with E-state index in [-0.39, 0.29) is 17.7 Å². The molecule has 0 bridgehead atoms. The van der Waals surface area contributed by atoms with E-state index >= 15 is 0 Å². The lowest BCUT2D eigenvalue weighted by Gasteiger charge is -2.23. The largest absolute Gasteiger partial charge is 0.423 e. The molecule has 1 aromatic heterocycles. The Hall–Kier alpha value is -2.80. The molecule has 7 heteroatoms. The van der Waals surface area contributed by atoms with Crippen LogP contribution in [0.3, 0.4) is 0 Å². The molecule has 1 aliphatic carbocycles. The van der Waals surface area contributed by atoms with E-state index in [0.717, 1.165) is 30.2 Å². The Labute approximate surface area is 160 Å². The van der Waals surface area contributed by atoms with Crippen LogP contribution >= 0.6 is 0 Å². The summed E-state index contributed by atoms with van der Waals surface area (Å²) in [5.41, 5.74) is 3.02. The second kappa shape index (κ2) is 6.98. The number of oxazole rings is 1. The second-order valence-electron chi connectivity index (χ2n) is 7.02. The van der Waals surface area contributed by atoms with Crippen molar-refractivity contribution in [2.24, 2.45) is 0 Å². The molecule has 28 heavy (non-hydrogen) atoms. The van der Waals surface area contributed by atoms with E-state index in [1.807, 2.05) is 18.2 Å². The summed E-state index contributed by atoms with van der Waals surface area (Å²) in [7, 11) is 0. The molecular weight excluding hydrogens is 369 g/mol. The van der Waals surface area contributed by atoms with Crippen molar-refractivity contribution in [3.05, 3.63) is 64.8 Å². The standard InChI is InChI=1S/C21H19F3N2O2/c1-12-9-14(6-8-17(12)21(22,23)24)19-11-25-20(28-19)26-18-4-2-3-13-5-7-15(27)10-16(13)18/h2-4,6,8-9,11,15,27H,5,7,10H2,1H3,(H,25,26)/t15-/m1/s1. The van der Waals surface area contributed by atoms with Gasteiger partial charge in [0.1, 0.15) is 0 Å². The van der Waals surface area contributed by atoms with Gasteiger partial charge in [-0.3, -0.25) is 0 Å². The molecule has 0 aliphatic heterocycles. The van der Waals surface area contributed by atoms with Gasteiger partial charge < -0.3 is 14.8 Å². The van der Waals surface area contributed by atoms with Gasteiger partial charge in [0, 0.05) is 17.7 Å². The monoisotopic (exact) mass is 388 g/mol. The molecule has 1 atom stereocenters. The number of aromatic nitrogens is 1. The minimum Gasteiger partial charge on any atom is -0.423 e. The Kier molecular flexibility index (Phi) is 4.63. The fraction of sp³-hybridized carbons (Fsp3) is 0.286. The molecule has 0 spiro atoms. The summed E-state index contributed by atoms with van der Waals surface area (Å²) >= 11 is 0. The molecule has 0 saturated carbocycles. The van der Waals surface area contributed by atoms with E-state index < -0.39 is 11.7 Å². The van der Waals surface area contributed by atoms with E-state index in [9.17, 15) is 18.3 Å². The predicted molar refractivity (Wildman–Crippen MR) is 99.4 cm³/mol. The first kappa shape index (κ1) is 18.6. The number of aliphatic hydroxyl groups is 1. The molecule has 0 saturated heterocycles. The van der Waals surface area contributed by atoms with Gasteiger partial charge in [0.25, 0.3) is 6.01 Å². The maximum absolute atomic E-state index is 12.9. The Morgan fingerprint density at radius 1 is 1.21 bits per heavy atom. The van der Waals surface area contributed by atoms with Crippen molar-refractivity contribution >= 4 is 11.7 Å². The van der Waals surface area contributed by atoms with Gasteiger partial charge in [-0.25, -0.2) is 4.98 Å². The smallest absolute Gasteiger partial charge is 0.416 e. The molecule has 0 fully saturated rings. The topological polar surface area (TPSA) is 58.3 Å². The highest BCUT2D eigenvalue weighted by molar-refractivity contribution is 5.64. The van der Waals surface area contributed by atoms with E-state index in [0.29, 0.717) is 17.7 Å². The van der Waals surface area contributed by atoms with E-state index in [1.54, 1.807) is 0 Å². The van der Waals surface area contributed by atoms with E-state index in [4.69, 9.17) is 4.42 Å². The molecule has 2 aromatic carbocycles. The molecule has 3 aromatic rings. The van der Waals surface area contributed by atoms with Gasteiger partial charge in [0.05, 0.1) is 17.9 Å². The number of rotatable bonds is 3. The zero-order valence-electron chi connectivity index (χ0n) is 15.2. The van der Waals surface area contributed by atoms with Crippen molar-refractivity contribution in [2.45, 2.75) is 38.5 Å². The first-order valence-corrected chi connectivity index (χ1v) is 9.01. The van der Waals surface area contributed by atoms with Crippen LogP contribution in [0.15, 0.2) is 47.0 Å². The third kappa shape index (κ3) is 3.62. The average Bonchev–Trinajstić information content (AvgIpc) is 3.10. The fourth-order valence-electron chi connectivity index (χ4n) is 3.60. The van der Waals surface area contributed by atoms with Crippen LogP contribution in [-0.4, -0.2) is 16.2 Å². The zero-order valence-corrected chi connectivity index (χ0v) is 15.2. The Bertz CT molecular complexity index is 1010. The number of aryl methyl sites for hydroxylation is 2. The van der Waals surface area contributed by atoms with Crippen LogP contribution in [0.4, 0.5) is 24.9 Å². The van der Waals surface area contributed by atoms with Crippen molar-refractivity contribution in [2.75, 3.05) is 5.32 Å². The van der Waals surface area contributed by atoms with Crippen molar-refractivity contribution in [3.8, 4) is 11.3 Å². The molecule has 1 aliphatic rings. The minimum absolute atomic E-state index is 0.127. The lowest BCUT2D eigenvalue weighted by atomic mass is 9.88. The van der Waals surface area contributed by atoms with E-state index in [2.05, 4.69) is 10.3 Å². The Balaban J connectivity index is 1.59. The number of hydrogen-bond donors (Lipinski definition) is 2. The van der Waals surface area contributed by atoms with Gasteiger partial charge in [-0.15, -0.1) is 0 Å². The van der Waals surface area contributed by atoms with Gasteiger partial charge in [-0.1, -0.05) is 18.2 Å². The van der Waals surface area contributed by atoms with Crippen LogP contribution in [0.1, 0.15) is 28.7 Å². The fourth-order valence-corrected chi connectivity index (χ4v) is 3.60. The van der Waals surface area contributed by atoms with Crippen molar-refractivity contribution in [3.63, 3.8) is 0 Å². The van der Waals surface area contributed by atoms with Crippen LogP contribution in [0.5, 0.6) is 0 Å². The third-order valence-electron chi connectivity index (χ3n) is 5.02. The molecule has 0 radical (unpaired) electrons. The van der Waals surface area contributed by atoms with Crippen LogP contribution in [-0.2, 0) is 19.0 Å². The maximum Gasteiger partial charge on any atom is 0.416 e. The highest BCUT2D eigenvalue weighted by atomic mass is 19.4. The first-order chi connectivity index (χ1) is 13.3. The van der Waals surface area contributed by atoms with Crippen LogP contribution in [0.2, 0.25) is 0 Å². The number of fused-ring (bicyclic) bond motifs is 1. The zero-order chi connectivity index (χ0) is 19.9. The number of anilines is 2. The van der Waals surface area contributed by atoms with Gasteiger partial charge in [-0.05, 0) is 54.7 Å². The molecule has 0 unspecified atom stereocenters. The summed E-state index contributed by atoms with van der Waals surface area (Å²) in [4.78, 5) is 4.19. The van der Waals surface area contributed by atoms with Crippen LogP contribution in [0.25, 0.3) is 11.3 Å². The van der Waals surface area contributed by atoms with Crippen molar-refractivity contribution < 1.29 is 22.7 Å². The predicted octanol–water partition coefficient (Wildman–Crippen LogP) is 5.26. The molecular formula is C21H19F3N2O2. The molecule has 146 valence electrons. The molecule has 1 heterocycles. The number of halogens is 3. The van der Waals surface area contributed by atoms with Crippen molar-refractivity contribution in [1.82, 2.24) is 4.98 Å². The summed E-state index contributed by atoms with van der Waals surface area (Å²) in [6.07, 6.45) is -1.15. The lowest BCUT2D eigenvalue weighted by Crippen LogP contribution is -2.19. The van der Waals surface area contributed by atoms with Gasteiger partial charge >= 0.3 is 6.18 Å². The average molecular weight is 388 g/mol. The summed E-state index contributed by atoms with van der Waals surface area (Å²) in [5.74, 6) is 0.379. The first-order valence-electron chi connectivity index (χ1n) is 9.01. The molecule has 0 amide bonds. The molecule has 4 nitrogen and oxygen atoms in total. The highest BCUT2D eigenvalue weighted by Crippen LogP contribution is 2.35. The quantitative estimate of drug-likeness (QED) is 0.642. The number of benzene rings is 2. The molecule has 4 rings (SSSR count). The summed E-state index contributed by atoms with van der Waals surface area (Å²) < 4.78 is 44.5. The number of hydrogen-bond acceptors (Lipinski definition) is 4. The minimum atomic E-state index is -4.38. The van der Waals surface area contributed by atoms with Crippen molar-refractivity contribution in [1.29, 1.82) is 0 Å². The number of nitrogens with zero attached hydrogens (tertiary/aromatic N) is 1. The number of alkyl halides is 3. The Morgan fingerprint density at radius 3 is 2.79 bits per heavy atom. The third-order valence-corrected chi connectivity index (χ3v) is 5.02. The summed E-state index contributed by atoms with van der Waals surface area (Å²) in [6.45, 7) is 1.42. The highest BCUT2D eigenvalue weighted by Gasteiger charge is 2.32. The summed E-state index contributed by atoms with van der Waals surface area (Å²) in [5, 5.41) is 13.1. The van der Waals surface area contributed by atoms with Crippen LogP contribution in [0, 0.1) is 6.92 Å².